The van der Waals surface area contributed by atoms with E-state index in [9.17, 15) is 13.2 Å². The topological polar surface area (TPSA) is 76.4 Å². The third-order valence-electron chi connectivity index (χ3n) is 2.96. The molecule has 0 aliphatic rings. The largest absolute Gasteiger partial charge is 0.467 e. The van der Waals surface area contributed by atoms with Gasteiger partial charge in [0.25, 0.3) is 5.91 Å². The van der Waals surface area contributed by atoms with Gasteiger partial charge < -0.3 is 9.73 Å². The molecule has 0 saturated carbocycles. The lowest BCUT2D eigenvalue weighted by molar-refractivity contribution is 0.0935. The number of amides is 1. The van der Waals surface area contributed by atoms with Crippen molar-refractivity contribution < 1.29 is 17.6 Å². The van der Waals surface area contributed by atoms with Crippen molar-refractivity contribution in [2.24, 2.45) is 0 Å². The zero-order valence-electron chi connectivity index (χ0n) is 11.9. The highest BCUT2D eigenvalue weighted by Crippen LogP contribution is 2.14. The summed E-state index contributed by atoms with van der Waals surface area (Å²) in [7, 11) is -3.07. The highest BCUT2D eigenvalue weighted by Gasteiger charge is 2.13. The molecule has 0 aliphatic heterocycles. The van der Waals surface area contributed by atoms with Crippen LogP contribution in [0.2, 0.25) is 0 Å². The summed E-state index contributed by atoms with van der Waals surface area (Å²) in [6.45, 7) is 1.83. The summed E-state index contributed by atoms with van der Waals surface area (Å²) >= 11 is 0. The Kier molecular flexibility index (Phi) is 4.47. The lowest BCUT2D eigenvalue weighted by atomic mass is 10.1. The van der Waals surface area contributed by atoms with Gasteiger partial charge in [0.15, 0.2) is 9.84 Å². The molecule has 0 spiro atoms. The second kappa shape index (κ2) is 6.13. The molecule has 0 saturated heterocycles. The molecule has 1 aromatic carbocycles. The van der Waals surface area contributed by atoms with Gasteiger partial charge in [-0.3, -0.25) is 4.79 Å². The van der Waals surface area contributed by atoms with Gasteiger partial charge in [-0.25, -0.2) is 8.42 Å². The molecule has 6 heteroatoms. The number of rotatable bonds is 5. The Morgan fingerprint density at radius 1 is 1.24 bits per heavy atom. The van der Waals surface area contributed by atoms with E-state index in [0.29, 0.717) is 16.9 Å². The molecule has 0 unspecified atom stereocenters. The predicted octanol–water partition coefficient (Wildman–Crippen LogP) is 2.32. The Hall–Kier alpha value is -2.08. The van der Waals surface area contributed by atoms with E-state index in [0.717, 1.165) is 0 Å². The first-order valence-corrected chi connectivity index (χ1v) is 8.52. The van der Waals surface area contributed by atoms with Gasteiger partial charge in [0, 0.05) is 11.8 Å². The molecule has 1 amide bonds. The van der Waals surface area contributed by atoms with E-state index >= 15 is 0 Å². The zero-order chi connectivity index (χ0) is 15.5. The number of sulfone groups is 1. The number of furan rings is 1. The van der Waals surface area contributed by atoms with Crippen molar-refractivity contribution in [2.75, 3.05) is 6.26 Å². The van der Waals surface area contributed by atoms with Crippen LogP contribution in [-0.2, 0) is 15.6 Å². The lowest BCUT2D eigenvalue weighted by Gasteiger charge is -2.11. The Morgan fingerprint density at radius 3 is 2.43 bits per heavy atom. The summed E-state index contributed by atoms with van der Waals surface area (Å²) in [5, 5.41) is 2.82. The maximum atomic E-state index is 12.1. The molecule has 5 nitrogen and oxygen atoms in total. The average molecular weight is 307 g/mol. The third-order valence-corrected chi connectivity index (χ3v) is 3.82. The molecule has 2 aromatic rings. The van der Waals surface area contributed by atoms with E-state index < -0.39 is 9.84 Å². The minimum atomic E-state index is -3.07. The monoisotopic (exact) mass is 307 g/mol. The van der Waals surface area contributed by atoms with Gasteiger partial charge in [0.2, 0.25) is 0 Å². The van der Waals surface area contributed by atoms with Crippen LogP contribution in [0, 0.1) is 0 Å². The van der Waals surface area contributed by atoms with Crippen molar-refractivity contribution in [3.63, 3.8) is 0 Å². The summed E-state index contributed by atoms with van der Waals surface area (Å²) < 4.78 is 27.6. The molecule has 112 valence electrons. The Balaban J connectivity index is 2.03. The van der Waals surface area contributed by atoms with E-state index in [2.05, 4.69) is 5.32 Å². The van der Waals surface area contributed by atoms with E-state index in [1.54, 1.807) is 42.7 Å². The first-order valence-electron chi connectivity index (χ1n) is 6.46. The number of carbonyl (C=O) groups excluding carboxylic acids is 1. The quantitative estimate of drug-likeness (QED) is 0.919. The Bertz CT molecular complexity index is 703. The molecular weight excluding hydrogens is 290 g/mol. The average Bonchev–Trinajstić information content (AvgIpc) is 2.91. The molecule has 1 N–H and O–H groups in total. The second-order valence-corrected chi connectivity index (χ2v) is 7.12. The first kappa shape index (κ1) is 15.3. The fourth-order valence-corrected chi connectivity index (χ4v) is 2.74. The number of benzene rings is 1. The van der Waals surface area contributed by atoms with Crippen LogP contribution in [-0.4, -0.2) is 20.6 Å². The zero-order valence-corrected chi connectivity index (χ0v) is 12.7. The van der Waals surface area contributed by atoms with Crippen LogP contribution in [0.25, 0.3) is 0 Å². The lowest BCUT2D eigenvalue weighted by Crippen LogP contribution is -2.26. The summed E-state index contributed by atoms with van der Waals surface area (Å²) in [6, 6.07) is 9.84. The fraction of sp³-hybridized carbons (Fsp3) is 0.267. The number of nitrogens with one attached hydrogen (secondary N) is 1. The van der Waals surface area contributed by atoms with Gasteiger partial charge in [0.1, 0.15) is 5.76 Å². The molecule has 0 bridgehead atoms. The van der Waals surface area contributed by atoms with Gasteiger partial charge in [-0.1, -0.05) is 12.1 Å². The van der Waals surface area contributed by atoms with E-state index in [4.69, 9.17) is 4.42 Å². The standard InChI is InChI=1S/C15H17NO4S/c1-11(14-4-3-9-20-14)16-15(17)13-7-5-12(6-8-13)10-21(2,18)19/h3-9,11H,10H2,1-2H3,(H,16,17)/t11-/m0/s1. The van der Waals surface area contributed by atoms with Crippen LogP contribution < -0.4 is 5.32 Å². The van der Waals surface area contributed by atoms with Gasteiger partial charge in [0.05, 0.1) is 18.1 Å². The second-order valence-electron chi connectivity index (χ2n) is 4.98. The van der Waals surface area contributed by atoms with E-state index in [1.165, 1.54) is 6.26 Å². The first-order chi connectivity index (χ1) is 9.85. The highest BCUT2D eigenvalue weighted by atomic mass is 32.2. The van der Waals surface area contributed by atoms with Crippen molar-refractivity contribution in [2.45, 2.75) is 18.7 Å². The molecule has 0 aliphatic carbocycles. The maximum Gasteiger partial charge on any atom is 0.251 e. The van der Waals surface area contributed by atoms with Crippen molar-refractivity contribution in [3.05, 3.63) is 59.5 Å². The van der Waals surface area contributed by atoms with Crippen molar-refractivity contribution in [1.29, 1.82) is 0 Å². The normalized spacial score (nSPS) is 12.9. The SMILES string of the molecule is C[C@H](NC(=O)c1ccc(CS(C)(=O)=O)cc1)c1ccco1. The highest BCUT2D eigenvalue weighted by molar-refractivity contribution is 7.89. The van der Waals surface area contributed by atoms with Crippen LogP contribution in [0.3, 0.4) is 0 Å². The Labute approximate surface area is 123 Å². The molecule has 0 fully saturated rings. The van der Waals surface area contributed by atoms with Crippen molar-refractivity contribution in [1.82, 2.24) is 5.32 Å². The Morgan fingerprint density at radius 2 is 1.90 bits per heavy atom. The van der Waals surface area contributed by atoms with Gasteiger partial charge in [-0.2, -0.15) is 0 Å². The van der Waals surface area contributed by atoms with Crippen molar-refractivity contribution in [3.8, 4) is 0 Å². The molecule has 21 heavy (non-hydrogen) atoms. The van der Waals surface area contributed by atoms with Crippen LogP contribution in [0.15, 0.2) is 47.1 Å². The van der Waals surface area contributed by atoms with Gasteiger partial charge in [-0.15, -0.1) is 0 Å². The molecule has 1 atom stereocenters. The summed E-state index contributed by atoms with van der Waals surface area (Å²) in [6.07, 6.45) is 2.73. The summed E-state index contributed by atoms with van der Waals surface area (Å²) in [5.41, 5.74) is 1.14. The van der Waals surface area contributed by atoms with Crippen LogP contribution in [0.5, 0.6) is 0 Å². The molecular formula is C15H17NO4S. The number of hydrogen-bond donors (Lipinski definition) is 1. The maximum absolute atomic E-state index is 12.1. The summed E-state index contributed by atoms with van der Waals surface area (Å²) in [5.74, 6) is 0.416. The van der Waals surface area contributed by atoms with Gasteiger partial charge >= 0.3 is 0 Å². The van der Waals surface area contributed by atoms with E-state index in [1.807, 2.05) is 6.92 Å². The van der Waals surface area contributed by atoms with Crippen LogP contribution in [0.4, 0.5) is 0 Å². The smallest absolute Gasteiger partial charge is 0.251 e. The molecule has 1 heterocycles. The van der Waals surface area contributed by atoms with Crippen LogP contribution >= 0.6 is 0 Å². The number of carbonyl (C=O) groups is 1. The van der Waals surface area contributed by atoms with Crippen LogP contribution in [0.1, 0.15) is 34.6 Å². The number of hydrogen-bond acceptors (Lipinski definition) is 4. The third kappa shape index (κ3) is 4.46. The molecule has 2 rings (SSSR count). The molecule has 0 radical (unpaired) electrons. The minimum absolute atomic E-state index is 0.0301. The minimum Gasteiger partial charge on any atom is -0.467 e. The molecule has 1 aromatic heterocycles. The van der Waals surface area contributed by atoms with E-state index in [-0.39, 0.29) is 17.7 Å². The van der Waals surface area contributed by atoms with Gasteiger partial charge in [-0.05, 0) is 36.8 Å². The summed E-state index contributed by atoms with van der Waals surface area (Å²) in [4.78, 5) is 12.1. The fourth-order valence-electron chi connectivity index (χ4n) is 1.94. The predicted molar refractivity (Wildman–Crippen MR) is 79.6 cm³/mol. The van der Waals surface area contributed by atoms with Crippen molar-refractivity contribution >= 4 is 15.7 Å².